The van der Waals surface area contributed by atoms with Crippen LogP contribution in [0.25, 0.3) is 0 Å². The molecule has 4 heterocycles. The van der Waals surface area contributed by atoms with Gasteiger partial charge in [-0.15, -0.1) is 0 Å². The van der Waals surface area contributed by atoms with E-state index in [1.807, 2.05) is 0 Å². The van der Waals surface area contributed by atoms with Gasteiger partial charge in [0, 0.05) is 0 Å². The van der Waals surface area contributed by atoms with Gasteiger partial charge in [-0.05, 0) is 0 Å². The van der Waals surface area contributed by atoms with E-state index >= 15 is 0 Å². The van der Waals surface area contributed by atoms with Gasteiger partial charge in [0.15, 0.2) is 0 Å². The molecular formula is As4S3. The zero-order valence-electron chi connectivity index (χ0n) is 3.01. The van der Waals surface area contributed by atoms with E-state index in [4.69, 9.17) is 0 Å². The zero-order chi connectivity index (χ0) is 4.43. The topological polar surface area (TPSA) is 0 Å². The summed E-state index contributed by atoms with van der Waals surface area (Å²) in [4.78, 5) is 0. The fraction of sp³-hybridized carbons (Fsp3) is 0. The van der Waals surface area contributed by atoms with E-state index in [0.717, 1.165) is 0 Å². The van der Waals surface area contributed by atoms with E-state index in [-0.39, 0.29) is 39.3 Å². The Kier molecular flexibility index (Phi) is 1.60. The Morgan fingerprint density at radius 1 is 0.714 bits per heavy atom. The van der Waals surface area contributed by atoms with Crippen LogP contribution in [0.3, 0.4) is 0 Å². The van der Waals surface area contributed by atoms with Crippen molar-refractivity contribution in [3.63, 3.8) is 0 Å². The Morgan fingerprint density at radius 3 is 1.29 bits per heavy atom. The maximum atomic E-state index is 2.62. The van der Waals surface area contributed by atoms with Crippen molar-refractivity contribution in [2.75, 3.05) is 0 Å². The van der Waals surface area contributed by atoms with Gasteiger partial charge in [0.25, 0.3) is 0 Å². The molecule has 0 aromatic heterocycles. The molecule has 0 N–H and O–H groups in total. The summed E-state index contributed by atoms with van der Waals surface area (Å²) in [7, 11) is 8.56. The molecule has 7 heavy (non-hydrogen) atoms. The van der Waals surface area contributed by atoms with Crippen LogP contribution in [0.2, 0.25) is 0 Å². The van der Waals surface area contributed by atoms with Crippen molar-refractivity contribution in [2.24, 2.45) is 0 Å². The summed E-state index contributed by atoms with van der Waals surface area (Å²) in [5.41, 5.74) is 0. The van der Waals surface area contributed by atoms with Crippen molar-refractivity contribution in [1.82, 2.24) is 0 Å². The fourth-order valence-corrected chi connectivity index (χ4v) is 773. The summed E-state index contributed by atoms with van der Waals surface area (Å²) in [5, 5.41) is 0. The van der Waals surface area contributed by atoms with Gasteiger partial charge in [-0.3, -0.25) is 0 Å². The first-order valence-electron chi connectivity index (χ1n) is 1.70. The SMILES string of the molecule is S1[As]2S[As]3[As]1[As]3S2. The third kappa shape index (κ3) is 0.770. The average Bonchev–Trinajstić information content (AvgIpc) is 2.10. The van der Waals surface area contributed by atoms with Crippen LogP contribution in [0.15, 0.2) is 0 Å². The van der Waals surface area contributed by atoms with Crippen LogP contribution in [-0.2, 0) is 0 Å². The van der Waals surface area contributed by atoms with Crippen molar-refractivity contribution in [1.29, 1.82) is 0 Å². The number of hydrogen-bond donors (Lipinski definition) is 0. The molecule has 4 aliphatic heterocycles. The van der Waals surface area contributed by atoms with Crippen LogP contribution in [-0.4, -0.2) is 39.3 Å². The first-order valence-corrected chi connectivity index (χ1v) is 33.3. The predicted molar refractivity (Wildman–Crippen MR) is 45.8 cm³/mol. The second-order valence-electron chi connectivity index (χ2n) is 1.23. The van der Waals surface area contributed by atoms with Gasteiger partial charge in [-0.1, -0.05) is 0 Å². The third-order valence-corrected chi connectivity index (χ3v) is 270. The van der Waals surface area contributed by atoms with Crippen LogP contribution in [0, 0.1) is 0 Å². The van der Waals surface area contributed by atoms with Crippen LogP contribution in [0.5, 0.6) is 0 Å². The fourth-order valence-electron chi connectivity index (χ4n) is 0.505. The molecule has 0 spiro atoms. The van der Waals surface area contributed by atoms with Gasteiger partial charge in [0.2, 0.25) is 0 Å². The first-order chi connectivity index (χ1) is 3.45. The van der Waals surface area contributed by atoms with Crippen LogP contribution < -0.4 is 0 Å². The summed E-state index contributed by atoms with van der Waals surface area (Å²) in [6, 6.07) is 0. The van der Waals surface area contributed by atoms with Gasteiger partial charge in [0.05, 0.1) is 0 Å². The zero-order valence-corrected chi connectivity index (χ0v) is 13.0. The summed E-state index contributed by atoms with van der Waals surface area (Å²) < 4.78 is 0. The van der Waals surface area contributed by atoms with Gasteiger partial charge in [0.1, 0.15) is 0 Å². The van der Waals surface area contributed by atoms with E-state index in [9.17, 15) is 0 Å². The van der Waals surface area contributed by atoms with Crippen LogP contribution in [0.1, 0.15) is 0 Å². The Balaban J connectivity index is 2.17. The Morgan fingerprint density at radius 2 is 1.14 bits per heavy atom. The molecule has 0 nitrogen and oxygen atoms in total. The molecule has 4 fully saturated rings. The molecule has 38 valence electrons. The normalized spacial score (nSPS) is 72.0. The molecular weight excluding hydrogens is 396 g/mol. The summed E-state index contributed by atoms with van der Waals surface area (Å²) >= 11 is -0.0625. The quantitative estimate of drug-likeness (QED) is 0.546. The molecule has 7 heteroatoms. The standard InChI is InChI=1S/As4S3/c5-1-2-3(1)7-4(5)6-2. The first kappa shape index (κ1) is 5.87. The van der Waals surface area contributed by atoms with Gasteiger partial charge in [-0.25, -0.2) is 0 Å². The maximum absolute atomic E-state index is 2.62. The Bertz CT molecular complexity index is 94.3. The average molecular weight is 396 g/mol. The van der Waals surface area contributed by atoms with Crippen LogP contribution >= 0.6 is 24.9 Å². The second kappa shape index (κ2) is 1.91. The molecule has 0 atom stereocenters. The minimum atomic E-state index is -0.0625. The molecule has 0 unspecified atom stereocenters. The monoisotopic (exact) mass is 396 g/mol. The molecule has 0 aromatic rings. The molecule has 0 amide bonds. The van der Waals surface area contributed by atoms with Crippen molar-refractivity contribution >= 4 is 64.1 Å². The van der Waals surface area contributed by atoms with E-state index < -0.39 is 0 Å². The van der Waals surface area contributed by atoms with Gasteiger partial charge >= 0.3 is 64.1 Å². The Hall–Kier alpha value is 3.28. The minimum absolute atomic E-state index is 0.0625. The van der Waals surface area contributed by atoms with Crippen molar-refractivity contribution in [3.05, 3.63) is 0 Å². The third-order valence-electron chi connectivity index (χ3n) is 0.828. The van der Waals surface area contributed by atoms with Crippen molar-refractivity contribution in [3.8, 4) is 0 Å². The van der Waals surface area contributed by atoms with Gasteiger partial charge in [-0.2, -0.15) is 0 Å². The van der Waals surface area contributed by atoms with Crippen LogP contribution in [0.4, 0.5) is 0 Å². The summed E-state index contributed by atoms with van der Waals surface area (Å²) in [5.74, 6) is 0. The summed E-state index contributed by atoms with van der Waals surface area (Å²) in [6.45, 7) is 0. The molecule has 0 saturated carbocycles. The molecule has 4 bridgehead atoms. The predicted octanol–water partition coefficient (Wildman–Crippen LogP) is 0.421. The molecule has 0 aliphatic carbocycles. The molecule has 0 radical (unpaired) electrons. The van der Waals surface area contributed by atoms with E-state index in [1.165, 1.54) is 0 Å². The summed E-state index contributed by atoms with van der Waals surface area (Å²) in [6.07, 6.45) is 0. The Labute approximate surface area is 62.5 Å². The van der Waals surface area contributed by atoms with E-state index in [2.05, 4.69) is 24.9 Å². The number of rotatable bonds is 0. The van der Waals surface area contributed by atoms with Crippen molar-refractivity contribution < 1.29 is 0 Å². The van der Waals surface area contributed by atoms with E-state index in [1.54, 1.807) is 0 Å². The van der Waals surface area contributed by atoms with Crippen molar-refractivity contribution in [2.45, 2.75) is 0 Å². The second-order valence-corrected chi connectivity index (χ2v) is 108. The molecule has 4 saturated heterocycles. The molecule has 0 aromatic carbocycles. The molecule has 4 aliphatic rings. The molecule has 4 rings (SSSR count). The van der Waals surface area contributed by atoms with E-state index in [0.29, 0.717) is 0 Å². The number of hydrogen-bond acceptors (Lipinski definition) is 3. The van der Waals surface area contributed by atoms with Gasteiger partial charge < -0.3 is 0 Å².